The quantitative estimate of drug-likeness (QED) is 0.0265. The van der Waals surface area contributed by atoms with E-state index in [0.29, 0.717) is 6.42 Å². The zero-order valence-electron chi connectivity index (χ0n) is 41.0. The summed E-state index contributed by atoms with van der Waals surface area (Å²) in [7, 11) is -4.41. The van der Waals surface area contributed by atoms with Gasteiger partial charge in [0.1, 0.15) is 6.61 Å². The molecule has 0 aromatic rings. The summed E-state index contributed by atoms with van der Waals surface area (Å²) >= 11 is 0. The first-order valence-electron chi connectivity index (χ1n) is 25.9. The molecule has 0 saturated heterocycles. The number of hydrogen-bond donors (Lipinski definition) is 2. The summed E-state index contributed by atoms with van der Waals surface area (Å²) < 4.78 is 32.8. The fourth-order valence-electron chi connectivity index (χ4n) is 7.07. The van der Waals surface area contributed by atoms with Crippen LogP contribution in [0.1, 0.15) is 226 Å². The molecule has 9 nitrogen and oxygen atoms in total. The Balaban J connectivity index is 4.10. The van der Waals surface area contributed by atoms with E-state index in [9.17, 15) is 19.0 Å². The van der Waals surface area contributed by atoms with Crippen molar-refractivity contribution in [3.05, 3.63) is 72.9 Å². The average Bonchev–Trinajstić information content (AvgIpc) is 3.28. The molecule has 2 unspecified atom stereocenters. The van der Waals surface area contributed by atoms with Crippen LogP contribution in [-0.4, -0.2) is 49.3 Å². The Labute approximate surface area is 392 Å². The first-order valence-corrected chi connectivity index (χ1v) is 27.4. The first kappa shape index (κ1) is 61.5. The van der Waals surface area contributed by atoms with Crippen LogP contribution in [0.3, 0.4) is 0 Å². The maximum Gasteiger partial charge on any atom is 0.472 e. The summed E-state index contributed by atoms with van der Waals surface area (Å²) in [6, 6.07) is 0. The molecule has 0 aromatic carbocycles. The van der Waals surface area contributed by atoms with Crippen LogP contribution in [0.5, 0.6) is 0 Å². The first-order chi connectivity index (χ1) is 31.3. The van der Waals surface area contributed by atoms with E-state index < -0.39 is 32.5 Å². The van der Waals surface area contributed by atoms with E-state index in [2.05, 4.69) is 74.6 Å². The second kappa shape index (κ2) is 49.9. The van der Waals surface area contributed by atoms with Crippen LogP contribution in [0, 0.1) is 0 Å². The van der Waals surface area contributed by atoms with E-state index >= 15 is 0 Å². The van der Waals surface area contributed by atoms with Gasteiger partial charge in [0.05, 0.1) is 13.2 Å². The van der Waals surface area contributed by atoms with Crippen molar-refractivity contribution in [1.82, 2.24) is 0 Å². The zero-order valence-corrected chi connectivity index (χ0v) is 41.9. The Morgan fingerprint density at radius 3 is 1.25 bits per heavy atom. The molecule has 2 atom stereocenters. The second-order valence-corrected chi connectivity index (χ2v) is 18.5. The number of phosphoric ester groups is 1. The summed E-state index contributed by atoms with van der Waals surface area (Å²) in [6.45, 7) is 3.56. The number of allylic oxidation sites excluding steroid dienone is 12. The van der Waals surface area contributed by atoms with Gasteiger partial charge in [-0.2, -0.15) is 0 Å². The summed E-state index contributed by atoms with van der Waals surface area (Å²) in [5.41, 5.74) is 5.36. The standard InChI is InChI=1S/C54H96NO8P/c1-3-5-7-9-11-13-15-17-19-21-23-24-25-26-27-29-30-32-34-36-38-40-42-44-46-53(56)60-50-52(51-62-64(58,59)61-49-48-55)63-54(57)47-45-43-41-39-37-35-33-31-28-22-20-18-16-14-12-10-8-6-4-2/h6,8,12,14,18,20,28,31,35,37,41,43,52H,3-5,7,9-11,13,15-17,19,21-27,29-30,32-34,36,38-40,42,44-51,55H2,1-2H3,(H,58,59)/b8-6-,14-12-,20-18-,31-28-,37-35-,43-41-. The van der Waals surface area contributed by atoms with Gasteiger partial charge in [0.15, 0.2) is 6.10 Å². The van der Waals surface area contributed by atoms with Crippen molar-refractivity contribution < 1.29 is 37.6 Å². The van der Waals surface area contributed by atoms with E-state index in [1.807, 2.05) is 12.2 Å². The third-order valence-electron chi connectivity index (χ3n) is 10.9. The topological polar surface area (TPSA) is 134 Å². The minimum absolute atomic E-state index is 0.0398. The van der Waals surface area contributed by atoms with Gasteiger partial charge in [0.25, 0.3) is 0 Å². The van der Waals surface area contributed by atoms with Crippen LogP contribution in [0.15, 0.2) is 72.9 Å². The number of rotatable bonds is 48. The highest BCUT2D eigenvalue weighted by Crippen LogP contribution is 2.43. The number of esters is 2. The molecule has 3 N–H and O–H groups in total. The predicted octanol–water partition coefficient (Wildman–Crippen LogP) is 15.8. The lowest BCUT2D eigenvalue weighted by atomic mass is 10.0. The lowest BCUT2D eigenvalue weighted by Gasteiger charge is -2.19. The second-order valence-electron chi connectivity index (χ2n) is 17.0. The fraction of sp³-hybridized carbons (Fsp3) is 0.741. The molecule has 10 heteroatoms. The molecule has 370 valence electrons. The fourth-order valence-corrected chi connectivity index (χ4v) is 7.84. The van der Waals surface area contributed by atoms with Crippen molar-refractivity contribution in [2.24, 2.45) is 5.73 Å². The van der Waals surface area contributed by atoms with Gasteiger partial charge in [-0.1, -0.05) is 234 Å². The van der Waals surface area contributed by atoms with Gasteiger partial charge in [-0.05, 0) is 51.4 Å². The Morgan fingerprint density at radius 2 is 0.859 bits per heavy atom. The Hall–Kier alpha value is -2.55. The molecule has 0 saturated carbocycles. The minimum Gasteiger partial charge on any atom is -0.462 e. The van der Waals surface area contributed by atoms with Gasteiger partial charge in [0, 0.05) is 19.4 Å². The molecule has 0 spiro atoms. The number of hydrogen-bond acceptors (Lipinski definition) is 8. The average molecular weight is 918 g/mol. The Morgan fingerprint density at radius 1 is 0.484 bits per heavy atom. The van der Waals surface area contributed by atoms with Gasteiger partial charge in [-0.25, -0.2) is 4.57 Å². The lowest BCUT2D eigenvalue weighted by Crippen LogP contribution is -2.29. The van der Waals surface area contributed by atoms with E-state index in [1.54, 1.807) is 0 Å². The molecule has 0 aliphatic carbocycles. The predicted molar refractivity (Wildman–Crippen MR) is 270 cm³/mol. The van der Waals surface area contributed by atoms with Crippen LogP contribution in [-0.2, 0) is 32.7 Å². The normalized spacial score (nSPS) is 13.8. The minimum atomic E-state index is -4.41. The maximum atomic E-state index is 12.6. The van der Waals surface area contributed by atoms with Gasteiger partial charge < -0.3 is 20.1 Å². The van der Waals surface area contributed by atoms with Crippen molar-refractivity contribution in [2.45, 2.75) is 232 Å². The smallest absolute Gasteiger partial charge is 0.462 e. The van der Waals surface area contributed by atoms with Crippen LogP contribution in [0.4, 0.5) is 0 Å². The Kier molecular flexibility index (Phi) is 47.9. The molecule has 0 rings (SSSR count). The molecular formula is C54H96NO8P. The maximum absolute atomic E-state index is 12.6. The van der Waals surface area contributed by atoms with Crippen LogP contribution < -0.4 is 5.73 Å². The number of unbranched alkanes of at least 4 members (excludes halogenated alkanes) is 23. The summed E-state index contributed by atoms with van der Waals surface area (Å²) in [5.74, 6) is -0.922. The summed E-state index contributed by atoms with van der Waals surface area (Å²) in [5, 5.41) is 0. The highest BCUT2D eigenvalue weighted by molar-refractivity contribution is 7.47. The van der Waals surface area contributed by atoms with Crippen molar-refractivity contribution in [2.75, 3.05) is 26.4 Å². The molecule has 0 bridgehead atoms. The molecule has 0 amide bonds. The van der Waals surface area contributed by atoms with E-state index in [1.165, 1.54) is 135 Å². The van der Waals surface area contributed by atoms with Crippen molar-refractivity contribution in [1.29, 1.82) is 0 Å². The van der Waals surface area contributed by atoms with E-state index in [0.717, 1.165) is 57.8 Å². The van der Waals surface area contributed by atoms with Crippen molar-refractivity contribution >= 4 is 19.8 Å². The SMILES string of the molecule is CC/C=C\C/C=C\C/C=C\C/C=C\C/C=C\C/C=C\CCC(=O)OC(COC(=O)CCCCCCCCCCCCCCCCCCCCCCCCCC)COP(=O)(O)OCCN. The largest absolute Gasteiger partial charge is 0.472 e. The number of carbonyl (C=O) groups excluding carboxylic acids is 2. The summed E-state index contributed by atoms with van der Waals surface area (Å²) in [4.78, 5) is 35.0. The molecule has 0 aliphatic rings. The number of nitrogens with two attached hydrogens (primary N) is 1. The molecule has 0 radical (unpaired) electrons. The molecule has 0 aromatic heterocycles. The zero-order chi connectivity index (χ0) is 46.7. The van der Waals surface area contributed by atoms with Crippen molar-refractivity contribution in [3.8, 4) is 0 Å². The van der Waals surface area contributed by atoms with Crippen LogP contribution in [0.2, 0.25) is 0 Å². The molecular weight excluding hydrogens is 822 g/mol. The molecule has 0 aliphatic heterocycles. The number of carbonyl (C=O) groups is 2. The molecule has 64 heavy (non-hydrogen) atoms. The molecule has 0 fully saturated rings. The van der Waals surface area contributed by atoms with Crippen molar-refractivity contribution in [3.63, 3.8) is 0 Å². The third-order valence-corrected chi connectivity index (χ3v) is 11.9. The van der Waals surface area contributed by atoms with Gasteiger partial charge in [0.2, 0.25) is 0 Å². The highest BCUT2D eigenvalue weighted by atomic mass is 31.2. The summed E-state index contributed by atoms with van der Waals surface area (Å²) in [6.07, 6.45) is 62.5. The monoisotopic (exact) mass is 918 g/mol. The third kappa shape index (κ3) is 48.9. The number of ether oxygens (including phenoxy) is 2. The molecule has 0 heterocycles. The Bertz CT molecular complexity index is 1280. The van der Waals surface area contributed by atoms with Gasteiger partial charge in [-0.3, -0.25) is 18.6 Å². The van der Waals surface area contributed by atoms with E-state index in [-0.39, 0.29) is 32.6 Å². The lowest BCUT2D eigenvalue weighted by molar-refractivity contribution is -0.161. The van der Waals surface area contributed by atoms with E-state index in [4.69, 9.17) is 24.3 Å². The van der Waals surface area contributed by atoms with Crippen LogP contribution in [0.25, 0.3) is 0 Å². The van der Waals surface area contributed by atoms with Gasteiger partial charge in [-0.15, -0.1) is 0 Å². The van der Waals surface area contributed by atoms with Gasteiger partial charge >= 0.3 is 19.8 Å². The van der Waals surface area contributed by atoms with Crippen LogP contribution >= 0.6 is 7.82 Å². The highest BCUT2D eigenvalue weighted by Gasteiger charge is 2.26. The number of phosphoric acid groups is 1.